The molecule has 1 N–H and O–H groups in total. The Hall–Kier alpha value is -2.36. The zero-order valence-corrected chi connectivity index (χ0v) is 17.5. The van der Waals surface area contributed by atoms with E-state index < -0.39 is 32.0 Å². The summed E-state index contributed by atoms with van der Waals surface area (Å²) in [5, 5.41) is 7.52. The van der Waals surface area contributed by atoms with E-state index in [1.165, 1.54) is 11.0 Å². The number of alkyl halides is 1. The number of carbonyl (C=O) groups is 1. The van der Waals surface area contributed by atoms with Gasteiger partial charge in [-0.25, -0.2) is 4.79 Å². The summed E-state index contributed by atoms with van der Waals surface area (Å²) in [6.45, 7) is 0. The molecular formula is C18H22ClN3O5S. The molecule has 0 spiro atoms. The number of sulfonamides is 1. The zero-order valence-electron chi connectivity index (χ0n) is 15.9. The topological polar surface area (TPSA) is 99.5 Å². The van der Waals surface area contributed by atoms with Gasteiger partial charge in [0.05, 0.1) is 11.6 Å². The number of benzene rings is 1. The van der Waals surface area contributed by atoms with Gasteiger partial charge in [0.2, 0.25) is 5.06 Å². The molecule has 0 heterocycles. The molecule has 0 aliphatic heterocycles. The van der Waals surface area contributed by atoms with E-state index >= 15 is 0 Å². The molecule has 0 bridgehead atoms. The number of likely N-dealkylation sites (N-methyl/N-ethyl adjacent to an activating group) is 1. The largest absolute Gasteiger partial charge is 0.478 e. The van der Waals surface area contributed by atoms with Gasteiger partial charge >= 0.3 is 5.97 Å². The molecule has 0 radical (unpaired) electrons. The fourth-order valence-corrected chi connectivity index (χ4v) is 4.47. The number of hydrogen-bond donors (Lipinski definition) is 1. The highest BCUT2D eigenvalue weighted by molar-refractivity contribution is 7.94. The number of para-hydroxylation sites is 1. The van der Waals surface area contributed by atoms with Gasteiger partial charge in [-0.2, -0.15) is 8.42 Å². The van der Waals surface area contributed by atoms with Crippen molar-refractivity contribution in [2.24, 2.45) is 4.40 Å². The number of rotatable bonds is 7. The maximum absolute atomic E-state index is 12.9. The van der Waals surface area contributed by atoms with Crippen LogP contribution in [-0.2, 0) is 14.8 Å². The van der Waals surface area contributed by atoms with Crippen LogP contribution in [0.2, 0.25) is 0 Å². The lowest BCUT2D eigenvalue weighted by molar-refractivity contribution is -0.132. The number of halogens is 1. The Morgan fingerprint density at radius 1 is 1.25 bits per heavy atom. The molecule has 0 aromatic heterocycles. The second-order valence-corrected chi connectivity index (χ2v) is 8.73. The minimum Gasteiger partial charge on any atom is -0.478 e. The maximum atomic E-state index is 12.9. The Morgan fingerprint density at radius 3 is 2.36 bits per heavy atom. The first-order valence-corrected chi connectivity index (χ1v) is 10.0. The maximum Gasteiger partial charge on any atom is 0.335 e. The summed E-state index contributed by atoms with van der Waals surface area (Å²) in [6.07, 6.45) is 3.44. The lowest BCUT2D eigenvalue weighted by Crippen LogP contribution is -2.53. The predicted octanol–water partition coefficient (Wildman–Crippen LogP) is 1.76. The van der Waals surface area contributed by atoms with E-state index in [4.69, 9.17) is 16.3 Å². The Balaban J connectivity index is 2.68. The van der Waals surface area contributed by atoms with Gasteiger partial charge < -0.3 is 14.7 Å². The molecule has 0 saturated carbocycles. The summed E-state index contributed by atoms with van der Waals surface area (Å²) in [4.78, 5) is 14.1. The zero-order chi connectivity index (χ0) is 21.1. The van der Waals surface area contributed by atoms with E-state index in [-0.39, 0.29) is 5.57 Å². The molecule has 1 aliphatic carbocycles. The van der Waals surface area contributed by atoms with Crippen molar-refractivity contribution in [3.8, 4) is 5.75 Å². The number of ether oxygens (including phenoxy) is 1. The second kappa shape index (κ2) is 8.34. The highest BCUT2D eigenvalue weighted by Crippen LogP contribution is 2.42. The van der Waals surface area contributed by atoms with Gasteiger partial charge in [0.15, 0.2) is 0 Å². The average molecular weight is 428 g/mol. The smallest absolute Gasteiger partial charge is 0.335 e. The molecule has 1 aromatic rings. The van der Waals surface area contributed by atoms with Crippen molar-refractivity contribution in [3.63, 3.8) is 0 Å². The normalized spacial score (nSPS) is 22.7. The van der Waals surface area contributed by atoms with Gasteiger partial charge in [-0.15, -0.1) is 4.40 Å². The SMILES string of the molecule is CN(C)C=NS(=O)(=O)C1=CC(C(=O)O)=CC(N(C)C)C1(Cl)Oc1ccccc1. The average Bonchev–Trinajstić information content (AvgIpc) is 2.60. The summed E-state index contributed by atoms with van der Waals surface area (Å²) < 4.78 is 35.4. The van der Waals surface area contributed by atoms with Crippen molar-refractivity contribution in [3.05, 3.63) is 53.0 Å². The van der Waals surface area contributed by atoms with Crippen LogP contribution in [0.3, 0.4) is 0 Å². The van der Waals surface area contributed by atoms with E-state index in [1.54, 1.807) is 63.4 Å². The molecule has 1 aliphatic rings. The first kappa shape index (κ1) is 21.9. The quantitative estimate of drug-likeness (QED) is 0.402. The monoisotopic (exact) mass is 427 g/mol. The number of aliphatic carboxylic acids is 1. The van der Waals surface area contributed by atoms with Gasteiger partial charge in [0, 0.05) is 14.1 Å². The minimum atomic E-state index is -4.34. The van der Waals surface area contributed by atoms with Gasteiger partial charge in [0.1, 0.15) is 17.0 Å². The van der Waals surface area contributed by atoms with Crippen LogP contribution in [-0.4, -0.2) is 74.9 Å². The van der Waals surface area contributed by atoms with Crippen LogP contribution in [0.15, 0.2) is 57.4 Å². The molecule has 0 amide bonds. The van der Waals surface area contributed by atoms with Crippen molar-refractivity contribution in [1.29, 1.82) is 0 Å². The molecule has 2 atom stereocenters. The second-order valence-electron chi connectivity index (χ2n) is 6.56. The van der Waals surface area contributed by atoms with Gasteiger partial charge in [-0.05, 0) is 38.4 Å². The van der Waals surface area contributed by atoms with Crippen molar-refractivity contribution in [2.45, 2.75) is 11.1 Å². The Bertz CT molecular complexity index is 926. The van der Waals surface area contributed by atoms with E-state index in [0.29, 0.717) is 5.75 Å². The molecular weight excluding hydrogens is 406 g/mol. The number of carboxylic acid groups (broad SMARTS) is 1. The third-order valence-corrected chi connectivity index (χ3v) is 5.81. The van der Waals surface area contributed by atoms with Gasteiger partial charge in [0.25, 0.3) is 10.0 Å². The predicted molar refractivity (Wildman–Crippen MR) is 108 cm³/mol. The van der Waals surface area contributed by atoms with Crippen LogP contribution in [0, 0.1) is 0 Å². The van der Waals surface area contributed by atoms with E-state index in [1.807, 2.05) is 0 Å². The highest BCUT2D eigenvalue weighted by Gasteiger charge is 2.51. The summed E-state index contributed by atoms with van der Waals surface area (Å²) >= 11 is 6.77. The third-order valence-electron chi connectivity index (χ3n) is 3.85. The molecule has 0 saturated heterocycles. The van der Waals surface area contributed by atoms with Crippen LogP contribution < -0.4 is 4.74 Å². The summed E-state index contributed by atoms with van der Waals surface area (Å²) in [5.74, 6) is -0.955. The standard InChI is InChI=1S/C18H22ClN3O5S/c1-21(2)12-20-28(25,26)16-11-13(17(23)24)10-15(22(3)4)18(16,19)27-14-8-6-5-7-9-14/h5-12,15H,1-4H3,(H,23,24). The lowest BCUT2D eigenvalue weighted by Gasteiger charge is -2.40. The Kier molecular flexibility index (Phi) is 6.53. The summed E-state index contributed by atoms with van der Waals surface area (Å²) in [6, 6.07) is 7.55. The van der Waals surface area contributed by atoms with Gasteiger partial charge in [-0.3, -0.25) is 4.90 Å². The van der Waals surface area contributed by atoms with Crippen molar-refractivity contribution >= 4 is 33.9 Å². The minimum absolute atomic E-state index is 0.217. The van der Waals surface area contributed by atoms with Crippen LogP contribution >= 0.6 is 11.6 Å². The molecule has 10 heteroatoms. The van der Waals surface area contributed by atoms with Crippen LogP contribution in [0.25, 0.3) is 0 Å². The van der Waals surface area contributed by atoms with Crippen LogP contribution in [0.4, 0.5) is 0 Å². The molecule has 1 aromatic carbocycles. The molecule has 0 fully saturated rings. The van der Waals surface area contributed by atoms with Crippen molar-refractivity contribution in [1.82, 2.24) is 9.80 Å². The number of nitrogens with zero attached hydrogens (tertiary/aromatic N) is 3. The van der Waals surface area contributed by atoms with E-state index in [0.717, 1.165) is 12.4 Å². The van der Waals surface area contributed by atoms with E-state index in [9.17, 15) is 18.3 Å². The van der Waals surface area contributed by atoms with Gasteiger partial charge in [-0.1, -0.05) is 29.8 Å². The Labute approximate surface area is 169 Å². The fourth-order valence-electron chi connectivity index (χ4n) is 2.56. The molecule has 2 unspecified atom stereocenters. The summed E-state index contributed by atoms with van der Waals surface area (Å²) in [7, 11) is 2.16. The number of hydrogen-bond acceptors (Lipinski definition) is 5. The number of carboxylic acids is 1. The Morgan fingerprint density at radius 2 is 1.86 bits per heavy atom. The first-order chi connectivity index (χ1) is 13.0. The first-order valence-electron chi connectivity index (χ1n) is 8.21. The fraction of sp³-hybridized carbons (Fsp3) is 0.333. The van der Waals surface area contributed by atoms with Crippen molar-refractivity contribution < 1.29 is 23.1 Å². The molecule has 2 rings (SSSR count). The molecule has 28 heavy (non-hydrogen) atoms. The molecule has 8 nitrogen and oxygen atoms in total. The van der Waals surface area contributed by atoms with Crippen LogP contribution in [0.5, 0.6) is 5.75 Å². The van der Waals surface area contributed by atoms with Crippen LogP contribution in [0.1, 0.15) is 0 Å². The summed E-state index contributed by atoms with van der Waals surface area (Å²) in [5.41, 5.74) is -0.217. The lowest BCUT2D eigenvalue weighted by atomic mass is 9.98. The third kappa shape index (κ3) is 4.73. The molecule has 152 valence electrons. The van der Waals surface area contributed by atoms with Crippen molar-refractivity contribution in [2.75, 3.05) is 28.2 Å². The highest BCUT2D eigenvalue weighted by atomic mass is 35.5. The van der Waals surface area contributed by atoms with E-state index in [2.05, 4.69) is 4.40 Å².